The third-order valence-electron chi connectivity index (χ3n) is 4.68. The maximum atomic E-state index is 13.1. The Bertz CT molecular complexity index is 1160. The van der Waals surface area contributed by atoms with Crippen molar-refractivity contribution in [2.45, 2.75) is 20.0 Å². The second-order valence-electron chi connectivity index (χ2n) is 6.84. The van der Waals surface area contributed by atoms with Gasteiger partial charge >= 0.3 is 0 Å². The van der Waals surface area contributed by atoms with E-state index in [0.717, 1.165) is 22.6 Å². The molecule has 6 nitrogen and oxygen atoms in total. The van der Waals surface area contributed by atoms with Gasteiger partial charge in [0, 0.05) is 29.1 Å². The first kappa shape index (κ1) is 19.6. The molecule has 0 aliphatic carbocycles. The molecule has 0 saturated heterocycles. The topological polar surface area (TPSA) is 72.9 Å². The van der Waals surface area contributed by atoms with Crippen molar-refractivity contribution in [3.8, 4) is 34.1 Å². The number of methoxy groups -OCH3 is 1. The van der Waals surface area contributed by atoms with Gasteiger partial charge in [-0.1, -0.05) is 6.07 Å². The number of ether oxygens (including phenoxy) is 2. The molecule has 4 rings (SSSR count). The number of nitrogens with one attached hydrogen (secondary N) is 1. The number of halogens is 1. The van der Waals surface area contributed by atoms with Gasteiger partial charge in [-0.25, -0.2) is 9.97 Å². The highest BCUT2D eigenvalue weighted by Gasteiger charge is 2.14. The van der Waals surface area contributed by atoms with Crippen LogP contribution >= 0.6 is 0 Å². The van der Waals surface area contributed by atoms with Crippen LogP contribution in [0, 0.1) is 12.9 Å². The van der Waals surface area contributed by atoms with E-state index in [-0.39, 0.29) is 6.10 Å². The fourth-order valence-corrected chi connectivity index (χ4v) is 3.14. The van der Waals surface area contributed by atoms with Gasteiger partial charge in [0.2, 0.25) is 5.95 Å². The first-order valence-corrected chi connectivity index (χ1v) is 9.49. The van der Waals surface area contributed by atoms with Crippen LogP contribution in [0.15, 0.2) is 60.9 Å². The van der Waals surface area contributed by atoms with Crippen molar-refractivity contribution >= 4 is 0 Å². The number of rotatable bonds is 6. The molecule has 1 unspecified atom stereocenters. The van der Waals surface area contributed by atoms with Crippen LogP contribution in [0.1, 0.15) is 24.4 Å². The molecule has 1 aromatic carbocycles. The standard InChI is InChI=1S/C23H21FN4O2/c1-14-5-4-6-19(27-14)15(2)30-17-8-9-18(21(11-17)29-3)20-13-26-23(28-20)16-7-10-22(24)25-12-16/h4-13,15H,1-3H3,(H,26,28). The third kappa shape index (κ3) is 4.15. The molecule has 7 heteroatoms. The summed E-state index contributed by atoms with van der Waals surface area (Å²) in [5, 5.41) is 0. The van der Waals surface area contributed by atoms with E-state index in [2.05, 4.69) is 19.9 Å². The Labute approximate surface area is 173 Å². The quantitative estimate of drug-likeness (QED) is 0.451. The molecule has 0 fully saturated rings. The number of pyridine rings is 2. The van der Waals surface area contributed by atoms with E-state index in [9.17, 15) is 4.39 Å². The van der Waals surface area contributed by atoms with Crippen molar-refractivity contribution in [1.29, 1.82) is 0 Å². The zero-order valence-corrected chi connectivity index (χ0v) is 16.9. The van der Waals surface area contributed by atoms with Crippen LogP contribution in [-0.2, 0) is 0 Å². The highest BCUT2D eigenvalue weighted by Crippen LogP contribution is 2.34. The van der Waals surface area contributed by atoms with Crippen molar-refractivity contribution in [1.82, 2.24) is 19.9 Å². The fourth-order valence-electron chi connectivity index (χ4n) is 3.14. The summed E-state index contributed by atoms with van der Waals surface area (Å²) in [7, 11) is 1.61. The molecule has 0 bridgehead atoms. The summed E-state index contributed by atoms with van der Waals surface area (Å²) in [5.41, 5.74) is 4.11. The van der Waals surface area contributed by atoms with Crippen LogP contribution in [0.3, 0.4) is 0 Å². The Balaban J connectivity index is 1.57. The van der Waals surface area contributed by atoms with Gasteiger partial charge in [-0.2, -0.15) is 4.39 Å². The Kier molecular flexibility index (Phi) is 5.43. The van der Waals surface area contributed by atoms with Crippen LogP contribution in [0.4, 0.5) is 4.39 Å². The highest BCUT2D eigenvalue weighted by molar-refractivity contribution is 5.70. The van der Waals surface area contributed by atoms with Crippen molar-refractivity contribution in [2.24, 2.45) is 0 Å². The Morgan fingerprint density at radius 1 is 1.03 bits per heavy atom. The second-order valence-corrected chi connectivity index (χ2v) is 6.84. The van der Waals surface area contributed by atoms with E-state index < -0.39 is 5.95 Å². The van der Waals surface area contributed by atoms with E-state index in [1.165, 1.54) is 12.3 Å². The predicted molar refractivity (Wildman–Crippen MR) is 112 cm³/mol. The van der Waals surface area contributed by atoms with Gasteiger partial charge in [0.1, 0.15) is 23.4 Å². The average Bonchev–Trinajstić information content (AvgIpc) is 3.24. The van der Waals surface area contributed by atoms with E-state index in [1.54, 1.807) is 19.4 Å². The number of aromatic nitrogens is 4. The molecule has 0 aliphatic heterocycles. The molecule has 0 aliphatic rings. The summed E-state index contributed by atoms with van der Waals surface area (Å²) >= 11 is 0. The van der Waals surface area contributed by atoms with Crippen LogP contribution in [-0.4, -0.2) is 27.0 Å². The Morgan fingerprint density at radius 2 is 1.90 bits per heavy atom. The van der Waals surface area contributed by atoms with Crippen molar-refractivity contribution in [3.63, 3.8) is 0 Å². The normalized spacial score (nSPS) is 11.9. The maximum absolute atomic E-state index is 13.1. The average molecular weight is 404 g/mol. The molecule has 4 aromatic rings. The molecular weight excluding hydrogens is 383 g/mol. The first-order chi connectivity index (χ1) is 14.5. The molecule has 30 heavy (non-hydrogen) atoms. The lowest BCUT2D eigenvalue weighted by Crippen LogP contribution is -2.06. The number of imidazole rings is 1. The Morgan fingerprint density at radius 3 is 2.63 bits per heavy atom. The van der Waals surface area contributed by atoms with Gasteiger partial charge in [0.05, 0.1) is 24.7 Å². The van der Waals surface area contributed by atoms with Gasteiger partial charge in [-0.15, -0.1) is 0 Å². The molecule has 152 valence electrons. The lowest BCUT2D eigenvalue weighted by Gasteiger charge is -2.16. The highest BCUT2D eigenvalue weighted by atomic mass is 19.1. The molecule has 3 heterocycles. The zero-order chi connectivity index (χ0) is 21.1. The minimum Gasteiger partial charge on any atom is -0.496 e. The van der Waals surface area contributed by atoms with E-state index in [4.69, 9.17) is 9.47 Å². The monoisotopic (exact) mass is 404 g/mol. The smallest absolute Gasteiger partial charge is 0.212 e. The summed E-state index contributed by atoms with van der Waals surface area (Å²) in [6.07, 6.45) is 2.94. The molecule has 1 N–H and O–H groups in total. The summed E-state index contributed by atoms with van der Waals surface area (Å²) in [6, 6.07) is 14.4. The predicted octanol–water partition coefficient (Wildman–Crippen LogP) is 5.13. The number of benzene rings is 1. The lowest BCUT2D eigenvalue weighted by atomic mass is 10.1. The molecule has 0 saturated carbocycles. The largest absolute Gasteiger partial charge is 0.496 e. The summed E-state index contributed by atoms with van der Waals surface area (Å²) < 4.78 is 24.7. The van der Waals surface area contributed by atoms with Crippen molar-refractivity contribution in [3.05, 3.63) is 78.3 Å². The van der Waals surface area contributed by atoms with Crippen molar-refractivity contribution in [2.75, 3.05) is 7.11 Å². The number of hydrogen-bond acceptors (Lipinski definition) is 5. The molecular formula is C23H21FN4O2. The van der Waals surface area contributed by atoms with Gasteiger partial charge in [0.25, 0.3) is 0 Å². The van der Waals surface area contributed by atoms with E-state index in [1.807, 2.05) is 50.2 Å². The number of aryl methyl sites for hydroxylation is 1. The minimum atomic E-state index is -0.530. The van der Waals surface area contributed by atoms with Gasteiger partial charge in [-0.05, 0) is 50.2 Å². The van der Waals surface area contributed by atoms with Gasteiger partial charge in [0.15, 0.2) is 0 Å². The molecule has 0 amide bonds. The number of H-pyrrole nitrogens is 1. The summed E-state index contributed by atoms with van der Waals surface area (Å²) in [6.45, 7) is 3.91. The Hall–Kier alpha value is -3.74. The third-order valence-corrected chi connectivity index (χ3v) is 4.68. The van der Waals surface area contributed by atoms with Crippen LogP contribution in [0.25, 0.3) is 22.6 Å². The second kappa shape index (κ2) is 8.32. The molecule has 3 aromatic heterocycles. The van der Waals surface area contributed by atoms with E-state index in [0.29, 0.717) is 22.9 Å². The number of aromatic amines is 1. The minimum absolute atomic E-state index is 0.204. The van der Waals surface area contributed by atoms with Gasteiger partial charge in [-0.3, -0.25) is 4.98 Å². The van der Waals surface area contributed by atoms with Crippen LogP contribution in [0.5, 0.6) is 11.5 Å². The van der Waals surface area contributed by atoms with Gasteiger partial charge < -0.3 is 14.5 Å². The zero-order valence-electron chi connectivity index (χ0n) is 16.9. The first-order valence-electron chi connectivity index (χ1n) is 9.49. The molecule has 0 spiro atoms. The van der Waals surface area contributed by atoms with Crippen molar-refractivity contribution < 1.29 is 13.9 Å². The van der Waals surface area contributed by atoms with Crippen LogP contribution in [0.2, 0.25) is 0 Å². The summed E-state index contributed by atoms with van der Waals surface area (Å²) in [4.78, 5) is 15.8. The summed E-state index contributed by atoms with van der Waals surface area (Å²) in [5.74, 6) is 1.38. The maximum Gasteiger partial charge on any atom is 0.212 e. The SMILES string of the molecule is COc1cc(OC(C)c2cccc(C)n2)ccc1-c1cnc(-c2ccc(F)nc2)[nH]1. The fraction of sp³-hybridized carbons (Fsp3) is 0.174. The number of hydrogen-bond donors (Lipinski definition) is 1. The lowest BCUT2D eigenvalue weighted by molar-refractivity contribution is 0.221. The number of nitrogens with zero attached hydrogens (tertiary/aromatic N) is 3. The molecule has 1 atom stereocenters. The van der Waals surface area contributed by atoms with Crippen LogP contribution < -0.4 is 9.47 Å². The van der Waals surface area contributed by atoms with E-state index >= 15 is 0 Å². The molecule has 0 radical (unpaired) electrons.